The predicted octanol–water partition coefficient (Wildman–Crippen LogP) is 2.87. The third kappa shape index (κ3) is 4.12. The van der Waals surface area contributed by atoms with Crippen LogP contribution < -0.4 is 0 Å². The highest BCUT2D eigenvalue weighted by atomic mass is 32.2. The first kappa shape index (κ1) is 20.5. The van der Waals surface area contributed by atoms with E-state index >= 15 is 0 Å². The number of nitrogens with zero attached hydrogens (tertiary/aromatic N) is 2. The van der Waals surface area contributed by atoms with Crippen LogP contribution in [-0.4, -0.2) is 41.3 Å². The van der Waals surface area contributed by atoms with E-state index in [0.29, 0.717) is 0 Å². The molecule has 0 aliphatic rings. The third-order valence-electron chi connectivity index (χ3n) is 3.82. The standard InChI is InChI=1S/C16H12N2O9S2/c19-12-4-2-9(28(22,23)24)6-11(12)17-18-16-13(20)3-1-8-5-10(29(25,26)27)7-14(21)15(8)16/h1-7,19-21H,(H,22,23,24)(H,25,26,27). The van der Waals surface area contributed by atoms with E-state index in [-0.39, 0.29) is 22.1 Å². The largest absolute Gasteiger partial charge is 0.507 e. The first-order valence-electron chi connectivity index (χ1n) is 7.56. The molecule has 0 radical (unpaired) electrons. The van der Waals surface area contributed by atoms with E-state index in [0.717, 1.165) is 36.4 Å². The van der Waals surface area contributed by atoms with Crippen LogP contribution in [0.2, 0.25) is 0 Å². The maximum absolute atomic E-state index is 11.3. The SMILES string of the molecule is O=S(=O)(O)c1ccc(O)c(N=Nc2c(O)ccc3cc(S(=O)(=O)O)cc(O)c23)c1. The maximum Gasteiger partial charge on any atom is 0.294 e. The van der Waals surface area contributed by atoms with Crippen LogP contribution in [0, 0.1) is 0 Å². The van der Waals surface area contributed by atoms with Gasteiger partial charge >= 0.3 is 0 Å². The molecule has 0 aliphatic carbocycles. The lowest BCUT2D eigenvalue weighted by atomic mass is 10.1. The van der Waals surface area contributed by atoms with Crippen molar-refractivity contribution in [1.82, 2.24) is 0 Å². The predicted molar refractivity (Wildman–Crippen MR) is 99.2 cm³/mol. The van der Waals surface area contributed by atoms with E-state index in [2.05, 4.69) is 10.2 Å². The molecule has 0 atom stereocenters. The molecular weight excluding hydrogens is 428 g/mol. The monoisotopic (exact) mass is 440 g/mol. The molecule has 0 saturated heterocycles. The fourth-order valence-corrected chi connectivity index (χ4v) is 3.52. The smallest absolute Gasteiger partial charge is 0.294 e. The number of benzene rings is 3. The van der Waals surface area contributed by atoms with Gasteiger partial charge in [0.1, 0.15) is 28.6 Å². The van der Waals surface area contributed by atoms with E-state index in [4.69, 9.17) is 9.11 Å². The summed E-state index contributed by atoms with van der Waals surface area (Å²) in [5.41, 5.74) is -0.691. The molecule has 0 aliphatic heterocycles. The summed E-state index contributed by atoms with van der Waals surface area (Å²) in [7, 11) is -9.19. The van der Waals surface area contributed by atoms with Crippen molar-refractivity contribution in [3.05, 3.63) is 42.5 Å². The van der Waals surface area contributed by atoms with E-state index in [1.807, 2.05) is 0 Å². The minimum atomic E-state index is -4.61. The van der Waals surface area contributed by atoms with Crippen molar-refractivity contribution in [2.24, 2.45) is 10.2 Å². The molecule has 0 fully saturated rings. The highest BCUT2D eigenvalue weighted by molar-refractivity contribution is 7.86. The Morgan fingerprint density at radius 3 is 1.90 bits per heavy atom. The molecule has 3 aromatic rings. The number of hydrogen-bond donors (Lipinski definition) is 5. The van der Waals surface area contributed by atoms with Gasteiger partial charge in [-0.05, 0) is 35.7 Å². The summed E-state index contributed by atoms with van der Waals surface area (Å²) in [6.07, 6.45) is 0. The topological polar surface area (TPSA) is 194 Å². The second-order valence-electron chi connectivity index (χ2n) is 5.77. The number of rotatable bonds is 4. The molecule has 5 N–H and O–H groups in total. The van der Waals surface area contributed by atoms with Crippen molar-refractivity contribution in [2.45, 2.75) is 9.79 Å². The molecule has 3 rings (SSSR count). The second kappa shape index (κ2) is 6.97. The summed E-state index contributed by atoms with van der Waals surface area (Å²) in [5, 5.41) is 37.3. The van der Waals surface area contributed by atoms with Crippen LogP contribution in [-0.2, 0) is 20.2 Å². The van der Waals surface area contributed by atoms with Crippen LogP contribution >= 0.6 is 0 Å². The first-order chi connectivity index (χ1) is 13.4. The van der Waals surface area contributed by atoms with Gasteiger partial charge in [0, 0.05) is 6.07 Å². The third-order valence-corrected chi connectivity index (χ3v) is 5.50. The molecule has 0 heterocycles. The van der Waals surface area contributed by atoms with Gasteiger partial charge < -0.3 is 15.3 Å². The van der Waals surface area contributed by atoms with E-state index in [1.54, 1.807) is 0 Å². The molecule has 11 nitrogen and oxygen atoms in total. The number of hydrogen-bond acceptors (Lipinski definition) is 9. The summed E-state index contributed by atoms with van der Waals surface area (Å²) < 4.78 is 63.3. The zero-order chi connectivity index (χ0) is 21.6. The molecule has 29 heavy (non-hydrogen) atoms. The molecule has 3 aromatic carbocycles. The van der Waals surface area contributed by atoms with E-state index < -0.39 is 47.3 Å². The molecule has 0 amide bonds. The summed E-state index contributed by atoms with van der Waals surface area (Å²) in [6.45, 7) is 0. The first-order valence-corrected chi connectivity index (χ1v) is 10.4. The lowest BCUT2D eigenvalue weighted by molar-refractivity contribution is 0.467. The van der Waals surface area contributed by atoms with Crippen molar-refractivity contribution in [3.63, 3.8) is 0 Å². The second-order valence-corrected chi connectivity index (χ2v) is 8.62. The lowest BCUT2D eigenvalue weighted by Crippen LogP contribution is -1.97. The van der Waals surface area contributed by atoms with Gasteiger partial charge in [0.15, 0.2) is 0 Å². The maximum atomic E-state index is 11.3. The fraction of sp³-hybridized carbons (Fsp3) is 0. The number of phenolic OH excluding ortho intramolecular Hbond substituents is 3. The Morgan fingerprint density at radius 2 is 1.28 bits per heavy atom. The van der Waals surface area contributed by atoms with Gasteiger partial charge in [-0.3, -0.25) is 9.11 Å². The number of fused-ring (bicyclic) bond motifs is 1. The highest BCUT2D eigenvalue weighted by Crippen LogP contribution is 2.42. The minimum absolute atomic E-state index is 0.0836. The summed E-state index contributed by atoms with van der Waals surface area (Å²) in [6, 6.07) is 6.86. The van der Waals surface area contributed by atoms with E-state index in [1.165, 1.54) is 6.07 Å². The molecule has 0 bridgehead atoms. The van der Waals surface area contributed by atoms with Gasteiger partial charge in [-0.15, -0.1) is 10.2 Å². The Kier molecular flexibility index (Phi) is 4.92. The van der Waals surface area contributed by atoms with Gasteiger partial charge in [-0.2, -0.15) is 16.8 Å². The van der Waals surface area contributed by atoms with Gasteiger partial charge in [-0.25, -0.2) is 0 Å². The summed E-state index contributed by atoms with van der Waals surface area (Å²) in [5.74, 6) is -1.60. The normalized spacial score (nSPS) is 12.6. The Labute approximate surface area is 163 Å². The lowest BCUT2D eigenvalue weighted by Gasteiger charge is -2.08. The number of phenols is 3. The van der Waals surface area contributed by atoms with Crippen LogP contribution in [0.3, 0.4) is 0 Å². The van der Waals surface area contributed by atoms with Crippen molar-refractivity contribution in [3.8, 4) is 17.2 Å². The van der Waals surface area contributed by atoms with Crippen LogP contribution in [0.15, 0.2) is 62.5 Å². The number of azo groups is 1. The minimum Gasteiger partial charge on any atom is -0.507 e. The Hall–Kier alpha value is -3.26. The highest BCUT2D eigenvalue weighted by Gasteiger charge is 2.18. The Bertz CT molecular complexity index is 1380. The Morgan fingerprint density at radius 1 is 0.655 bits per heavy atom. The van der Waals surface area contributed by atoms with Crippen LogP contribution in [0.1, 0.15) is 0 Å². The van der Waals surface area contributed by atoms with Crippen LogP contribution in [0.25, 0.3) is 10.8 Å². The van der Waals surface area contributed by atoms with E-state index in [9.17, 15) is 32.2 Å². The molecule has 0 saturated carbocycles. The zero-order valence-electron chi connectivity index (χ0n) is 14.1. The quantitative estimate of drug-likeness (QED) is 0.299. The van der Waals surface area contributed by atoms with Gasteiger partial charge in [0.25, 0.3) is 20.2 Å². The van der Waals surface area contributed by atoms with Gasteiger partial charge in [0.05, 0.1) is 15.2 Å². The van der Waals surface area contributed by atoms with Gasteiger partial charge in [0.2, 0.25) is 0 Å². The average molecular weight is 440 g/mol. The Balaban J connectivity index is 2.20. The zero-order valence-corrected chi connectivity index (χ0v) is 15.8. The summed E-state index contributed by atoms with van der Waals surface area (Å²) >= 11 is 0. The molecule has 0 unspecified atom stereocenters. The summed E-state index contributed by atoms with van der Waals surface area (Å²) in [4.78, 5) is -1.15. The molecular formula is C16H12N2O9S2. The molecule has 152 valence electrons. The van der Waals surface area contributed by atoms with Crippen molar-refractivity contribution in [2.75, 3.05) is 0 Å². The van der Waals surface area contributed by atoms with Crippen LogP contribution in [0.4, 0.5) is 11.4 Å². The van der Waals surface area contributed by atoms with Crippen molar-refractivity contribution in [1.29, 1.82) is 0 Å². The fourth-order valence-electron chi connectivity index (χ4n) is 2.48. The van der Waals surface area contributed by atoms with Crippen molar-refractivity contribution < 1.29 is 41.3 Å². The molecule has 0 spiro atoms. The molecule has 13 heteroatoms. The van der Waals surface area contributed by atoms with Gasteiger partial charge in [-0.1, -0.05) is 6.07 Å². The average Bonchev–Trinajstić information content (AvgIpc) is 2.60. The number of aromatic hydroxyl groups is 3. The van der Waals surface area contributed by atoms with Crippen molar-refractivity contribution >= 4 is 42.4 Å². The molecule has 0 aromatic heterocycles. The van der Waals surface area contributed by atoms with Crippen LogP contribution in [0.5, 0.6) is 17.2 Å².